The Hall–Kier alpha value is -2.76. The Morgan fingerprint density at radius 1 is 0.744 bits per heavy atom. The van der Waals surface area contributed by atoms with Crippen LogP contribution in [-0.4, -0.2) is 25.5 Å². The van der Waals surface area contributed by atoms with Gasteiger partial charge in [-0.1, -0.05) is 69.8 Å². The fraction of sp³-hybridized carbons (Fsp3) is 0.676. The van der Waals surface area contributed by atoms with Crippen molar-refractivity contribution in [3.05, 3.63) is 46.6 Å². The zero-order chi connectivity index (χ0) is 32.8. The molecule has 6 nitrogen and oxygen atoms in total. The average molecular weight is 601 g/mol. The van der Waals surface area contributed by atoms with Gasteiger partial charge in [-0.3, -0.25) is 9.59 Å². The van der Waals surface area contributed by atoms with Crippen molar-refractivity contribution in [2.45, 2.75) is 140 Å². The zero-order valence-corrected chi connectivity index (χ0v) is 29.3. The number of unbranched alkanes of at least 4 members (excludes halogenated alkanes) is 3. The third kappa shape index (κ3) is 14.5. The predicted molar refractivity (Wildman–Crippen MR) is 176 cm³/mol. The first kappa shape index (κ1) is 38.3. The van der Waals surface area contributed by atoms with E-state index < -0.39 is 10.8 Å². The lowest BCUT2D eigenvalue weighted by atomic mass is 9.79. The van der Waals surface area contributed by atoms with Gasteiger partial charge in [0.1, 0.15) is 11.5 Å². The quantitative estimate of drug-likeness (QED) is 0.0767. The summed E-state index contributed by atoms with van der Waals surface area (Å²) in [5.41, 5.74) is 3.03. The van der Waals surface area contributed by atoms with E-state index >= 15 is 0 Å². The highest BCUT2D eigenvalue weighted by atomic mass is 16.7. The summed E-state index contributed by atoms with van der Waals surface area (Å²) in [5.74, 6) is 0.543. The molecule has 0 aromatic heterocycles. The van der Waals surface area contributed by atoms with Crippen molar-refractivity contribution < 1.29 is 28.5 Å². The molecule has 0 saturated carbocycles. The molecule has 0 spiro atoms. The van der Waals surface area contributed by atoms with Crippen molar-refractivity contribution in [1.29, 1.82) is 0 Å². The summed E-state index contributed by atoms with van der Waals surface area (Å²) in [6, 6.07) is 4.11. The van der Waals surface area contributed by atoms with Crippen molar-refractivity contribution in [1.82, 2.24) is 0 Å². The molecule has 0 aliphatic carbocycles. The van der Waals surface area contributed by atoms with Gasteiger partial charge < -0.3 is 18.9 Å². The van der Waals surface area contributed by atoms with Crippen LogP contribution in [-0.2, 0) is 30.9 Å². The van der Waals surface area contributed by atoms with Crippen LogP contribution in [0.25, 0.3) is 0 Å². The molecular formula is C37H60O6. The molecule has 0 heterocycles. The normalized spacial score (nSPS) is 12.5. The second-order valence-corrected chi connectivity index (χ2v) is 14.6. The summed E-state index contributed by atoms with van der Waals surface area (Å²) in [5, 5.41) is 0. The summed E-state index contributed by atoms with van der Waals surface area (Å²) < 4.78 is 23.3. The minimum Gasteiger partial charge on any atom is -0.457 e. The smallest absolute Gasteiger partial charge is 0.314 e. The van der Waals surface area contributed by atoms with Gasteiger partial charge in [0.15, 0.2) is 0 Å². The van der Waals surface area contributed by atoms with E-state index in [9.17, 15) is 9.59 Å². The molecule has 0 radical (unpaired) electrons. The third-order valence-electron chi connectivity index (χ3n) is 7.38. The van der Waals surface area contributed by atoms with E-state index in [-0.39, 0.29) is 30.9 Å². The largest absolute Gasteiger partial charge is 0.457 e. The van der Waals surface area contributed by atoms with E-state index in [0.717, 1.165) is 36.8 Å². The third-order valence-corrected chi connectivity index (χ3v) is 7.38. The lowest BCUT2D eigenvalue weighted by molar-refractivity contribution is -0.160. The second kappa shape index (κ2) is 17.5. The van der Waals surface area contributed by atoms with Crippen molar-refractivity contribution in [3.8, 4) is 11.5 Å². The lowest BCUT2D eigenvalue weighted by Gasteiger charge is -2.28. The van der Waals surface area contributed by atoms with Crippen LogP contribution >= 0.6 is 0 Å². The molecule has 43 heavy (non-hydrogen) atoms. The molecule has 0 aliphatic heterocycles. The number of hydrogen-bond acceptors (Lipinski definition) is 6. The van der Waals surface area contributed by atoms with Crippen LogP contribution in [0.1, 0.15) is 139 Å². The molecule has 244 valence electrons. The molecule has 1 rings (SSSR count). The summed E-state index contributed by atoms with van der Waals surface area (Å²) in [6.45, 7) is 23.5. The first-order valence-electron chi connectivity index (χ1n) is 15.9. The van der Waals surface area contributed by atoms with Gasteiger partial charge in [-0.05, 0) is 111 Å². The number of benzene rings is 1. The molecular weight excluding hydrogens is 540 g/mol. The number of carbonyl (C=O) groups is 2. The molecule has 0 saturated heterocycles. The van der Waals surface area contributed by atoms with Crippen LogP contribution < -0.4 is 9.47 Å². The van der Waals surface area contributed by atoms with Crippen LogP contribution in [0.3, 0.4) is 0 Å². The Labute approximate surface area is 262 Å². The second-order valence-electron chi connectivity index (χ2n) is 14.6. The van der Waals surface area contributed by atoms with Crippen molar-refractivity contribution in [2.75, 3.05) is 13.6 Å². The number of hydrogen-bond donors (Lipinski definition) is 0. The van der Waals surface area contributed by atoms with E-state index in [4.69, 9.17) is 18.9 Å². The van der Waals surface area contributed by atoms with Crippen LogP contribution in [0.5, 0.6) is 11.5 Å². The van der Waals surface area contributed by atoms with Gasteiger partial charge in [-0.15, -0.1) is 0 Å². The van der Waals surface area contributed by atoms with Gasteiger partial charge in [0, 0.05) is 5.56 Å². The van der Waals surface area contributed by atoms with Gasteiger partial charge in [0.05, 0.1) is 10.8 Å². The highest BCUT2D eigenvalue weighted by Gasteiger charge is 2.27. The van der Waals surface area contributed by atoms with Crippen molar-refractivity contribution >= 4 is 11.9 Å². The first-order valence-corrected chi connectivity index (χ1v) is 15.9. The van der Waals surface area contributed by atoms with Crippen LogP contribution in [0.2, 0.25) is 0 Å². The van der Waals surface area contributed by atoms with Gasteiger partial charge >= 0.3 is 11.9 Å². The minimum atomic E-state index is -0.634. The molecule has 1 aromatic carbocycles. The van der Waals surface area contributed by atoms with Gasteiger partial charge in [0.25, 0.3) is 0 Å². The van der Waals surface area contributed by atoms with E-state index in [2.05, 4.69) is 65.8 Å². The first-order chi connectivity index (χ1) is 19.9. The maximum Gasteiger partial charge on any atom is 0.314 e. The number of carbonyl (C=O) groups excluding carboxylic acids is 2. The topological polar surface area (TPSA) is 71.1 Å². The summed E-state index contributed by atoms with van der Waals surface area (Å²) in [4.78, 5) is 24.9. The Bertz CT molecular complexity index is 1040. The molecule has 0 N–H and O–H groups in total. The van der Waals surface area contributed by atoms with E-state index in [1.807, 2.05) is 41.5 Å². The number of rotatable bonds is 17. The molecule has 6 heteroatoms. The molecule has 0 atom stereocenters. The number of allylic oxidation sites excluding steroid dienone is 4. The minimum absolute atomic E-state index is 0.150. The Morgan fingerprint density at radius 3 is 1.70 bits per heavy atom. The Balaban J connectivity index is 3.50. The van der Waals surface area contributed by atoms with Crippen LogP contribution in [0.4, 0.5) is 0 Å². The van der Waals surface area contributed by atoms with E-state index in [1.165, 1.54) is 30.4 Å². The number of ether oxygens (including phenoxy) is 4. The monoisotopic (exact) mass is 600 g/mol. The fourth-order valence-corrected chi connectivity index (χ4v) is 4.30. The molecule has 0 amide bonds. The summed E-state index contributed by atoms with van der Waals surface area (Å²) >= 11 is 0. The van der Waals surface area contributed by atoms with Crippen molar-refractivity contribution in [3.63, 3.8) is 0 Å². The molecule has 0 unspecified atom stereocenters. The fourth-order valence-electron chi connectivity index (χ4n) is 4.30. The highest BCUT2D eigenvalue weighted by Crippen LogP contribution is 2.39. The summed E-state index contributed by atoms with van der Waals surface area (Å²) in [6.07, 6.45) is 12.6. The Kier molecular flexibility index (Phi) is 15.6. The lowest BCUT2D eigenvalue weighted by Crippen LogP contribution is -2.25. The summed E-state index contributed by atoms with van der Waals surface area (Å²) in [7, 11) is 0. The maximum absolute atomic E-state index is 12.5. The standard InChI is InChI=1S/C37H60O6/c1-13-14-15-16-22-37(11,12)29-23-31(40-25-42-33(38)35(5,6)7)30(21-20-28(4)19-17-18-27(2)3)32(24-29)41-26-43-34(39)36(8,9)10/h18,20,23-24H,13-17,19,21-22,25-26H2,1-12H3/b28-20+. The highest BCUT2D eigenvalue weighted by molar-refractivity contribution is 5.75. The van der Waals surface area contributed by atoms with Gasteiger partial charge in [-0.2, -0.15) is 0 Å². The zero-order valence-electron chi connectivity index (χ0n) is 29.3. The predicted octanol–water partition coefficient (Wildman–Crippen LogP) is 10.0. The maximum atomic E-state index is 12.5. The molecule has 0 fully saturated rings. The number of esters is 2. The SMILES string of the molecule is CCCCCCC(C)(C)c1cc(OCOC(=O)C(C)(C)C)c(C/C=C(\C)CCC=C(C)C)c(OCOC(=O)C(C)(C)C)c1. The Morgan fingerprint density at radius 2 is 1.26 bits per heavy atom. The van der Waals surface area contributed by atoms with E-state index in [1.54, 1.807) is 0 Å². The molecule has 0 aliphatic rings. The van der Waals surface area contributed by atoms with Crippen LogP contribution in [0.15, 0.2) is 35.4 Å². The molecule has 0 bridgehead atoms. The van der Waals surface area contributed by atoms with Gasteiger partial charge in [-0.25, -0.2) is 0 Å². The average Bonchev–Trinajstić information content (AvgIpc) is 2.88. The van der Waals surface area contributed by atoms with Gasteiger partial charge in [0.2, 0.25) is 13.6 Å². The van der Waals surface area contributed by atoms with E-state index in [0.29, 0.717) is 17.9 Å². The molecule has 1 aromatic rings. The van der Waals surface area contributed by atoms with Crippen LogP contribution in [0, 0.1) is 10.8 Å². The van der Waals surface area contributed by atoms with Crippen molar-refractivity contribution in [2.24, 2.45) is 10.8 Å².